The largest absolute Gasteiger partial charge is 0.491 e. The highest BCUT2D eigenvalue weighted by Crippen LogP contribution is 2.28. The van der Waals surface area contributed by atoms with E-state index >= 15 is 0 Å². The van der Waals surface area contributed by atoms with E-state index in [0.29, 0.717) is 155 Å². The molecule has 5 amide bonds. The summed E-state index contributed by atoms with van der Waals surface area (Å²) in [6, 6.07) is 7.59. The number of imide groups is 1. The Morgan fingerprint density at radius 3 is 1.47 bits per heavy atom. The van der Waals surface area contributed by atoms with Crippen LogP contribution in [0.15, 0.2) is 54.6 Å². The monoisotopic (exact) mass is 1320 g/mol. The number of methoxy groups -OCH3 is 1. The molecule has 0 aliphatic carbocycles. The van der Waals surface area contributed by atoms with Crippen molar-refractivity contribution in [3.05, 3.63) is 71.3 Å². The Hall–Kier alpha value is -6.13. The molecule has 0 saturated carbocycles. The summed E-state index contributed by atoms with van der Waals surface area (Å²) in [5.41, 5.74) is 0.974. The van der Waals surface area contributed by atoms with Crippen molar-refractivity contribution >= 4 is 47.2 Å². The van der Waals surface area contributed by atoms with Crippen LogP contribution in [-0.4, -0.2) is 268 Å². The first-order valence-corrected chi connectivity index (χ1v) is 31.3. The van der Waals surface area contributed by atoms with Crippen LogP contribution in [-0.2, 0) is 115 Å². The molecule has 524 valence electrons. The van der Waals surface area contributed by atoms with Gasteiger partial charge in [0.15, 0.2) is 6.10 Å². The molecule has 0 spiro atoms. The number of ether oxygens (including phenoxy) is 14. The quantitative estimate of drug-likeness (QED) is 0.0275. The van der Waals surface area contributed by atoms with Gasteiger partial charge in [0.2, 0.25) is 17.7 Å². The van der Waals surface area contributed by atoms with E-state index in [9.17, 15) is 54.0 Å². The number of nitrogens with one attached hydrogen (secondary N) is 3. The van der Waals surface area contributed by atoms with Crippen LogP contribution in [0.4, 0.5) is 5.69 Å². The molecule has 0 aromatic heterocycles. The smallest absolute Gasteiger partial charge is 0.335 e. The van der Waals surface area contributed by atoms with Gasteiger partial charge in [-0.15, -0.1) is 0 Å². The third kappa shape index (κ3) is 30.4. The fourth-order valence-electron chi connectivity index (χ4n) is 8.94. The summed E-state index contributed by atoms with van der Waals surface area (Å²) >= 11 is 0. The molecule has 2 aliphatic rings. The van der Waals surface area contributed by atoms with Crippen LogP contribution >= 0.6 is 0 Å². The number of carbonyl (C=O) groups is 7. The lowest BCUT2D eigenvalue weighted by molar-refractivity contribution is -0.228. The number of rotatable bonds is 50. The van der Waals surface area contributed by atoms with Crippen LogP contribution in [0.2, 0.25) is 0 Å². The zero-order valence-electron chi connectivity index (χ0n) is 54.6. The van der Waals surface area contributed by atoms with E-state index in [2.05, 4.69) is 16.0 Å². The highest BCUT2D eigenvalue weighted by atomic mass is 16.6. The van der Waals surface area contributed by atoms with E-state index in [4.69, 9.17) is 66.3 Å². The molecule has 0 bridgehead atoms. The van der Waals surface area contributed by atoms with Crippen LogP contribution in [0.25, 0.3) is 0 Å². The third-order valence-corrected chi connectivity index (χ3v) is 14.2. The third-order valence-electron chi connectivity index (χ3n) is 14.2. The number of aliphatic carboxylic acids is 1. The van der Waals surface area contributed by atoms with Crippen molar-refractivity contribution in [2.24, 2.45) is 11.3 Å². The Balaban J connectivity index is 1.11. The van der Waals surface area contributed by atoms with E-state index in [1.165, 1.54) is 13.0 Å². The molecule has 2 aromatic rings. The number of benzene rings is 2. The van der Waals surface area contributed by atoms with E-state index < -0.39 is 101 Å². The number of anilines is 1. The van der Waals surface area contributed by atoms with Crippen molar-refractivity contribution < 1.29 is 120 Å². The number of carboxylic acids is 1. The lowest BCUT2D eigenvalue weighted by atomic mass is 9.91. The second-order valence-corrected chi connectivity index (χ2v) is 22.9. The summed E-state index contributed by atoms with van der Waals surface area (Å²) in [4.78, 5) is 92.9. The molecular formula is C64H98N4O25. The summed E-state index contributed by atoms with van der Waals surface area (Å²) in [6.45, 7) is 19.2. The Kier molecular flexibility index (Phi) is 38.0. The lowest BCUT2D eigenvalue weighted by Crippen LogP contribution is -2.59. The summed E-state index contributed by atoms with van der Waals surface area (Å²) < 4.78 is 76.7. The topological polar surface area (TPSA) is 369 Å². The number of esters is 1. The van der Waals surface area contributed by atoms with E-state index in [0.717, 1.165) is 17.1 Å². The Bertz CT molecular complexity index is 2550. The fraction of sp³-hybridized carbons (Fsp3) is 0.672. The maximum atomic E-state index is 14.2. The number of carbonyl (C=O) groups excluding carboxylic acids is 6. The van der Waals surface area contributed by atoms with Gasteiger partial charge in [-0.1, -0.05) is 32.0 Å². The van der Waals surface area contributed by atoms with E-state index in [1.807, 2.05) is 0 Å². The van der Waals surface area contributed by atoms with Gasteiger partial charge < -0.3 is 103 Å². The number of hydrogen-bond acceptors (Lipinski definition) is 24. The second-order valence-electron chi connectivity index (χ2n) is 22.9. The van der Waals surface area contributed by atoms with Crippen LogP contribution < -0.4 is 20.7 Å². The van der Waals surface area contributed by atoms with Gasteiger partial charge in [0.1, 0.15) is 55.4 Å². The normalized spacial score (nSPS) is 18.4. The second kappa shape index (κ2) is 44.5. The number of amides is 5. The van der Waals surface area contributed by atoms with Crippen LogP contribution in [0, 0.1) is 11.3 Å². The fourth-order valence-corrected chi connectivity index (χ4v) is 8.94. The molecule has 29 heteroatoms. The standard InChI is InChI=1S/C64H98N4O25/c1-43(2)54(61(76)65-44(3)59(74)66-48-12-10-47(42-92-63(79)64(4,5)6)46(41-48)11-15-51-55(71)56(72)57(73)58(93-51)62(77)78)67-60(75)50(68-52(69)16-17-53(68)70)40-45-8-13-49(14-9-45)91-39-38-90-37-36-89-35-34-88-33-32-87-31-30-86-29-28-85-27-26-84-25-24-83-23-22-82-21-20-81-19-18-80-7/h8-10,12-14,16-17,41,43-44,50-51,54-58,71-73H,11,15,18-40,42H2,1-7H3,(H,65,76)(H,66,74)(H,67,75)(H,77,78)/t44-,50-,51-,54-,55-,56+,57-,58-/m0/s1. The molecule has 1 fully saturated rings. The first kappa shape index (κ1) is 79.3. The molecule has 4 rings (SSSR count). The highest BCUT2D eigenvalue weighted by Gasteiger charge is 2.47. The van der Waals surface area contributed by atoms with Gasteiger partial charge in [0, 0.05) is 31.4 Å². The van der Waals surface area contributed by atoms with Gasteiger partial charge in [-0.05, 0) is 87.4 Å². The average molecular weight is 1320 g/mol. The number of aliphatic hydroxyl groups is 3. The van der Waals surface area contributed by atoms with Crippen molar-refractivity contribution in [3.8, 4) is 5.75 Å². The molecule has 0 unspecified atom stereocenters. The summed E-state index contributed by atoms with van der Waals surface area (Å²) in [6.07, 6.45) is -6.37. The molecule has 2 aromatic carbocycles. The number of nitrogens with zero attached hydrogens (tertiary/aromatic N) is 1. The van der Waals surface area contributed by atoms with Crippen molar-refractivity contribution in [2.45, 2.75) is 116 Å². The average Bonchev–Trinajstić information content (AvgIpc) is 1.80. The Morgan fingerprint density at radius 2 is 1.03 bits per heavy atom. The maximum Gasteiger partial charge on any atom is 0.335 e. The zero-order chi connectivity index (χ0) is 68.0. The first-order valence-electron chi connectivity index (χ1n) is 31.3. The molecule has 2 aliphatic heterocycles. The Morgan fingerprint density at radius 1 is 0.570 bits per heavy atom. The molecule has 1 saturated heterocycles. The molecule has 0 radical (unpaired) electrons. The van der Waals surface area contributed by atoms with Gasteiger partial charge >= 0.3 is 11.9 Å². The van der Waals surface area contributed by atoms with Gasteiger partial charge in [-0.2, -0.15) is 0 Å². The van der Waals surface area contributed by atoms with Crippen LogP contribution in [0.5, 0.6) is 5.75 Å². The van der Waals surface area contributed by atoms with E-state index in [1.54, 1.807) is 78.1 Å². The molecule has 93 heavy (non-hydrogen) atoms. The first-order chi connectivity index (χ1) is 44.6. The maximum absolute atomic E-state index is 14.2. The number of hydrogen-bond donors (Lipinski definition) is 7. The number of aliphatic hydroxyl groups excluding tert-OH is 3. The highest BCUT2D eigenvalue weighted by molar-refractivity contribution is 6.15. The van der Waals surface area contributed by atoms with Gasteiger partial charge in [0.05, 0.1) is 150 Å². The lowest BCUT2D eigenvalue weighted by Gasteiger charge is -2.39. The number of aryl methyl sites for hydroxylation is 1. The molecule has 29 nitrogen and oxygen atoms in total. The summed E-state index contributed by atoms with van der Waals surface area (Å²) in [5, 5.41) is 48.8. The minimum absolute atomic E-state index is 0.0596. The molecule has 2 heterocycles. The summed E-state index contributed by atoms with van der Waals surface area (Å²) in [5.74, 6) is -5.72. The van der Waals surface area contributed by atoms with Crippen molar-refractivity contribution in [2.75, 3.05) is 158 Å². The minimum atomic E-state index is -1.88. The Labute approximate surface area is 543 Å². The van der Waals surface area contributed by atoms with Crippen molar-refractivity contribution in [1.29, 1.82) is 0 Å². The van der Waals surface area contributed by atoms with Crippen molar-refractivity contribution in [1.82, 2.24) is 15.5 Å². The van der Waals surface area contributed by atoms with Gasteiger partial charge in [0.25, 0.3) is 11.8 Å². The molecule has 8 atom stereocenters. The summed E-state index contributed by atoms with van der Waals surface area (Å²) in [7, 11) is 1.63. The zero-order valence-corrected chi connectivity index (χ0v) is 54.6. The van der Waals surface area contributed by atoms with E-state index in [-0.39, 0.29) is 44.8 Å². The van der Waals surface area contributed by atoms with Crippen LogP contribution in [0.1, 0.15) is 64.7 Å². The number of carboxylic acid groups (broad SMARTS) is 1. The SMILES string of the molecule is COCCOCCOCCOCCOCCOCCOCCOCCOCCOCCOCCOc1ccc(C[C@@H](C(=O)N[C@H](C(=O)N[C@@H](C)C(=O)Nc2ccc(COC(=O)C(C)(C)C)c(CC[C@@H]3O[C@H](C(=O)O)[C@@H](O)[C@H](O)[C@H]3O)c2)C(C)C)N2C(=O)C=CC2=O)cc1. The van der Waals surface area contributed by atoms with Gasteiger partial charge in [-0.25, -0.2) is 4.79 Å². The molecular weight excluding hydrogens is 1220 g/mol. The van der Waals surface area contributed by atoms with Crippen LogP contribution in [0.3, 0.4) is 0 Å². The predicted molar refractivity (Wildman–Crippen MR) is 332 cm³/mol. The van der Waals surface area contributed by atoms with Crippen molar-refractivity contribution in [3.63, 3.8) is 0 Å². The van der Waals surface area contributed by atoms with Gasteiger partial charge in [-0.3, -0.25) is 33.7 Å². The minimum Gasteiger partial charge on any atom is -0.491 e. The predicted octanol–water partition coefficient (Wildman–Crippen LogP) is 0.955. The molecule has 7 N–H and O–H groups in total.